The molecule has 0 bridgehead atoms. The summed E-state index contributed by atoms with van der Waals surface area (Å²) < 4.78 is 4.96. The number of aromatic amines is 1. The second-order valence-corrected chi connectivity index (χ2v) is 10.7. The first-order valence-corrected chi connectivity index (χ1v) is 14.2. The number of methoxy groups -OCH3 is 1. The molecule has 0 saturated carbocycles. The Morgan fingerprint density at radius 1 is 1.16 bits per heavy atom. The fourth-order valence-electron chi connectivity index (χ4n) is 4.61. The van der Waals surface area contributed by atoms with Gasteiger partial charge in [-0.15, -0.1) is 11.8 Å². The highest BCUT2D eigenvalue weighted by Crippen LogP contribution is 2.35. The molecule has 1 aromatic heterocycles. The number of hydrogen-bond acceptors (Lipinski definition) is 5. The summed E-state index contributed by atoms with van der Waals surface area (Å²) in [5.74, 6) is -1.16. The number of halogens is 2. The molecule has 1 saturated heterocycles. The summed E-state index contributed by atoms with van der Waals surface area (Å²) >= 11 is 14.1. The number of amides is 2. The SMILES string of the molecule is COC(=O)C(Cc1c[nH]c2ccccc12)NC(=O)C1CCN(C(=O)C=Cc2ccc(SC)c(Cl)c2Cl)CC1. The molecule has 0 radical (unpaired) electrons. The molecule has 1 atom stereocenters. The maximum atomic E-state index is 13.1. The van der Waals surface area contributed by atoms with E-state index in [9.17, 15) is 14.4 Å². The minimum Gasteiger partial charge on any atom is -0.467 e. The standard InChI is InChI=1S/C28H29Cl2N3O4S/c1-37-28(36)22(15-19-16-31-21-6-4-3-5-20(19)21)32-27(35)18-11-13-33(14-12-18)24(34)10-8-17-7-9-23(38-2)26(30)25(17)29/h3-10,16,18,22,31H,11-15H2,1-2H3,(H,32,35). The maximum absolute atomic E-state index is 13.1. The van der Waals surface area contributed by atoms with Gasteiger partial charge in [-0.2, -0.15) is 0 Å². The van der Waals surface area contributed by atoms with Gasteiger partial charge in [0.05, 0.1) is 17.2 Å². The van der Waals surface area contributed by atoms with Gasteiger partial charge in [0.2, 0.25) is 11.8 Å². The van der Waals surface area contributed by atoms with Gasteiger partial charge in [-0.05, 0) is 48.4 Å². The molecule has 1 aliphatic rings. The molecule has 200 valence electrons. The van der Waals surface area contributed by atoms with Gasteiger partial charge in [0.1, 0.15) is 6.04 Å². The van der Waals surface area contributed by atoms with E-state index in [-0.39, 0.29) is 17.7 Å². The molecule has 38 heavy (non-hydrogen) atoms. The zero-order valence-electron chi connectivity index (χ0n) is 21.1. The van der Waals surface area contributed by atoms with Crippen LogP contribution in [-0.4, -0.2) is 60.2 Å². The summed E-state index contributed by atoms with van der Waals surface area (Å²) in [5, 5.41) is 4.75. The van der Waals surface area contributed by atoms with Crippen LogP contribution in [-0.2, 0) is 25.5 Å². The van der Waals surface area contributed by atoms with E-state index in [2.05, 4.69) is 10.3 Å². The highest BCUT2D eigenvalue weighted by Gasteiger charge is 2.30. The Balaban J connectivity index is 1.34. The number of nitrogens with one attached hydrogen (secondary N) is 2. The largest absolute Gasteiger partial charge is 0.467 e. The Labute approximate surface area is 235 Å². The van der Waals surface area contributed by atoms with Crippen LogP contribution in [0.3, 0.4) is 0 Å². The van der Waals surface area contributed by atoms with E-state index in [1.54, 1.807) is 11.0 Å². The van der Waals surface area contributed by atoms with Gasteiger partial charge >= 0.3 is 5.97 Å². The van der Waals surface area contributed by atoms with E-state index < -0.39 is 12.0 Å². The van der Waals surface area contributed by atoms with Gasteiger partial charge in [0.15, 0.2) is 0 Å². The van der Waals surface area contributed by atoms with Crippen LogP contribution >= 0.6 is 35.0 Å². The number of thioether (sulfide) groups is 1. The van der Waals surface area contributed by atoms with Gasteiger partial charge < -0.3 is 19.9 Å². The van der Waals surface area contributed by atoms with E-state index in [1.807, 2.05) is 48.9 Å². The summed E-state index contributed by atoms with van der Waals surface area (Å²) in [6.45, 7) is 0.874. The van der Waals surface area contributed by atoms with Crippen LogP contribution < -0.4 is 5.32 Å². The number of hydrogen-bond donors (Lipinski definition) is 2. The number of carbonyl (C=O) groups excluding carboxylic acids is 3. The fourth-order valence-corrected chi connectivity index (χ4v) is 5.78. The summed E-state index contributed by atoms with van der Waals surface area (Å²) in [5.41, 5.74) is 2.56. The van der Waals surface area contributed by atoms with Crippen LogP contribution in [0.1, 0.15) is 24.0 Å². The number of piperidine rings is 1. The summed E-state index contributed by atoms with van der Waals surface area (Å²) in [7, 11) is 1.31. The van der Waals surface area contributed by atoms with Crippen LogP contribution in [0.4, 0.5) is 0 Å². The Bertz CT molecular complexity index is 1370. The lowest BCUT2D eigenvalue weighted by molar-refractivity contribution is -0.145. The van der Waals surface area contributed by atoms with Gasteiger partial charge in [0.25, 0.3) is 0 Å². The minimum atomic E-state index is -0.802. The van der Waals surface area contributed by atoms with Crippen molar-refractivity contribution in [1.82, 2.24) is 15.2 Å². The number of likely N-dealkylation sites (tertiary alicyclic amines) is 1. The first-order valence-electron chi connectivity index (χ1n) is 12.2. The predicted molar refractivity (Wildman–Crippen MR) is 153 cm³/mol. The molecule has 1 fully saturated rings. The molecule has 2 heterocycles. The predicted octanol–water partition coefficient (Wildman–Crippen LogP) is 5.35. The number of H-pyrrole nitrogens is 1. The number of carbonyl (C=O) groups is 3. The average molecular weight is 575 g/mol. The molecule has 2 N–H and O–H groups in total. The van der Waals surface area contributed by atoms with Gasteiger partial charge in [-0.1, -0.05) is 47.5 Å². The van der Waals surface area contributed by atoms with Crippen molar-refractivity contribution in [1.29, 1.82) is 0 Å². The third-order valence-corrected chi connectivity index (χ3v) is 8.57. The third-order valence-electron chi connectivity index (χ3n) is 6.78. The van der Waals surface area contributed by atoms with Crippen molar-refractivity contribution >= 4 is 69.7 Å². The highest BCUT2D eigenvalue weighted by atomic mass is 35.5. The second-order valence-electron chi connectivity index (χ2n) is 9.07. The number of rotatable bonds is 8. The molecule has 0 spiro atoms. The normalized spacial score (nSPS) is 15.1. The Morgan fingerprint density at radius 3 is 2.61 bits per heavy atom. The molecule has 1 unspecified atom stereocenters. The quantitative estimate of drug-likeness (QED) is 0.215. The van der Waals surface area contributed by atoms with Crippen molar-refractivity contribution in [3.05, 3.63) is 69.8 Å². The topological polar surface area (TPSA) is 91.5 Å². The summed E-state index contributed by atoms with van der Waals surface area (Å²) in [6.07, 6.45) is 8.22. The van der Waals surface area contributed by atoms with Crippen LogP contribution in [0.5, 0.6) is 0 Å². The van der Waals surface area contributed by atoms with Gasteiger partial charge in [0, 0.05) is 53.5 Å². The zero-order chi connectivity index (χ0) is 27.2. The fraction of sp³-hybridized carbons (Fsp3) is 0.321. The van der Waals surface area contributed by atoms with Crippen LogP contribution in [0.2, 0.25) is 10.0 Å². The Hall–Kier alpha value is -2.94. The average Bonchev–Trinajstić information content (AvgIpc) is 3.35. The summed E-state index contributed by atoms with van der Waals surface area (Å²) in [6, 6.07) is 10.7. The first kappa shape index (κ1) is 28.1. The van der Waals surface area contributed by atoms with Crippen LogP contribution in [0, 0.1) is 5.92 Å². The van der Waals surface area contributed by atoms with E-state index in [0.717, 1.165) is 21.4 Å². The molecule has 3 aromatic rings. The van der Waals surface area contributed by atoms with Crippen molar-refractivity contribution in [2.75, 3.05) is 26.5 Å². The van der Waals surface area contributed by atoms with Gasteiger partial charge in [-0.25, -0.2) is 4.79 Å². The Kier molecular flexibility index (Phi) is 9.41. The second kappa shape index (κ2) is 12.7. The minimum absolute atomic E-state index is 0.156. The van der Waals surface area contributed by atoms with Crippen molar-refractivity contribution in [3.63, 3.8) is 0 Å². The lowest BCUT2D eigenvalue weighted by Crippen LogP contribution is -2.48. The van der Waals surface area contributed by atoms with E-state index >= 15 is 0 Å². The molecular weight excluding hydrogens is 545 g/mol. The molecular formula is C28H29Cl2N3O4S. The first-order chi connectivity index (χ1) is 18.3. The van der Waals surface area contributed by atoms with Crippen LogP contribution in [0.25, 0.3) is 17.0 Å². The lowest BCUT2D eigenvalue weighted by Gasteiger charge is -2.31. The van der Waals surface area contributed by atoms with Crippen LogP contribution in [0.15, 0.2) is 53.6 Å². The number of nitrogens with zero attached hydrogens (tertiary/aromatic N) is 1. The smallest absolute Gasteiger partial charge is 0.328 e. The third kappa shape index (κ3) is 6.37. The number of para-hydroxylation sites is 1. The molecule has 1 aliphatic heterocycles. The Morgan fingerprint density at radius 2 is 1.89 bits per heavy atom. The number of benzene rings is 2. The van der Waals surface area contributed by atoms with E-state index in [4.69, 9.17) is 27.9 Å². The molecule has 4 rings (SSSR count). The van der Waals surface area contributed by atoms with Gasteiger partial charge in [-0.3, -0.25) is 9.59 Å². The number of esters is 1. The molecule has 2 aromatic carbocycles. The monoisotopic (exact) mass is 573 g/mol. The van der Waals surface area contributed by atoms with Crippen molar-refractivity contribution in [2.24, 2.45) is 5.92 Å². The molecule has 10 heteroatoms. The highest BCUT2D eigenvalue weighted by molar-refractivity contribution is 7.98. The number of aromatic nitrogens is 1. The van der Waals surface area contributed by atoms with Crippen molar-refractivity contribution in [3.8, 4) is 0 Å². The van der Waals surface area contributed by atoms with Crippen molar-refractivity contribution < 1.29 is 19.1 Å². The van der Waals surface area contributed by atoms with Crippen molar-refractivity contribution in [2.45, 2.75) is 30.2 Å². The van der Waals surface area contributed by atoms with E-state index in [1.165, 1.54) is 24.9 Å². The maximum Gasteiger partial charge on any atom is 0.328 e. The lowest BCUT2D eigenvalue weighted by atomic mass is 9.95. The van der Waals surface area contributed by atoms with E-state index in [0.29, 0.717) is 48.0 Å². The molecule has 2 amide bonds. The molecule has 7 nitrogen and oxygen atoms in total. The zero-order valence-corrected chi connectivity index (χ0v) is 23.5. The number of fused-ring (bicyclic) bond motifs is 1. The summed E-state index contributed by atoms with van der Waals surface area (Å²) in [4.78, 5) is 44.1. The molecule has 0 aliphatic carbocycles. The number of ether oxygens (including phenoxy) is 1.